The molecule has 0 bridgehead atoms. The van der Waals surface area contributed by atoms with Crippen LogP contribution in [0, 0.1) is 0 Å². The van der Waals surface area contributed by atoms with Gasteiger partial charge in [0.15, 0.2) is 17.5 Å². The lowest BCUT2D eigenvalue weighted by Gasteiger charge is -2.13. The Kier molecular flexibility index (Phi) is 8.13. The molecule has 0 N–H and O–H groups in total. The second-order valence-corrected chi connectivity index (χ2v) is 15.6. The summed E-state index contributed by atoms with van der Waals surface area (Å²) in [5, 5.41) is 10.0. The molecular weight excluding hydrogens is 741 g/mol. The first kappa shape index (κ1) is 34.8. The van der Waals surface area contributed by atoms with E-state index in [0.717, 1.165) is 44.5 Å². The standard InChI is InChI=1S/C57H36N4/c1-3-14-37(15-4-1)41-19-11-20-42(34-41)43-21-12-22-44(35-43)56-58-55(40-17-5-2-6-18-40)59-57(60-56)45-23-13-24-46(36-45)61-51-27-10-9-26-50(51)54-49-31-30-39-29-28-38-16-7-8-25-47(38)53(39)48(49)32-33-52(54)61/h1-36H. The van der Waals surface area contributed by atoms with Crippen LogP contribution >= 0.6 is 0 Å². The summed E-state index contributed by atoms with van der Waals surface area (Å²) in [7, 11) is 0. The monoisotopic (exact) mass is 776 g/mol. The van der Waals surface area contributed by atoms with E-state index in [1.807, 2.05) is 24.3 Å². The number of nitrogens with zero attached hydrogens (tertiary/aromatic N) is 4. The van der Waals surface area contributed by atoms with Crippen LogP contribution in [-0.4, -0.2) is 19.5 Å². The molecule has 0 radical (unpaired) electrons. The van der Waals surface area contributed by atoms with Gasteiger partial charge in [0.05, 0.1) is 11.0 Å². The molecule has 0 fully saturated rings. The van der Waals surface area contributed by atoms with Gasteiger partial charge in [0.25, 0.3) is 0 Å². The molecule has 12 rings (SSSR count). The lowest BCUT2D eigenvalue weighted by Crippen LogP contribution is -2.01. The summed E-state index contributed by atoms with van der Waals surface area (Å²) in [4.78, 5) is 15.4. The van der Waals surface area contributed by atoms with Gasteiger partial charge in [-0.25, -0.2) is 15.0 Å². The fourth-order valence-corrected chi connectivity index (χ4v) is 9.14. The third-order valence-electron chi connectivity index (χ3n) is 12.0. The van der Waals surface area contributed by atoms with Crippen LogP contribution < -0.4 is 0 Å². The van der Waals surface area contributed by atoms with Gasteiger partial charge in [0.2, 0.25) is 0 Å². The Morgan fingerprint density at radius 3 is 1.51 bits per heavy atom. The van der Waals surface area contributed by atoms with E-state index in [1.54, 1.807) is 0 Å². The Morgan fingerprint density at radius 2 is 0.754 bits per heavy atom. The van der Waals surface area contributed by atoms with Crippen LogP contribution in [0.3, 0.4) is 0 Å². The molecule has 0 atom stereocenters. The van der Waals surface area contributed by atoms with E-state index in [1.165, 1.54) is 54.2 Å². The zero-order chi connectivity index (χ0) is 40.3. The molecule has 0 aliphatic heterocycles. The van der Waals surface area contributed by atoms with Crippen LogP contribution in [0.15, 0.2) is 218 Å². The van der Waals surface area contributed by atoms with Crippen molar-refractivity contribution >= 4 is 54.1 Å². The molecule has 2 heterocycles. The lowest BCUT2D eigenvalue weighted by atomic mass is 9.94. The molecule has 4 nitrogen and oxygen atoms in total. The topological polar surface area (TPSA) is 43.6 Å². The Morgan fingerprint density at radius 1 is 0.262 bits per heavy atom. The molecule has 0 aliphatic carbocycles. The molecule has 0 amide bonds. The molecule has 61 heavy (non-hydrogen) atoms. The smallest absolute Gasteiger partial charge is 0.164 e. The highest BCUT2D eigenvalue weighted by atomic mass is 15.0. The summed E-state index contributed by atoms with van der Waals surface area (Å²) in [5.74, 6) is 1.87. The number of hydrogen-bond donors (Lipinski definition) is 0. The molecule has 10 aromatic carbocycles. The van der Waals surface area contributed by atoms with Gasteiger partial charge in [-0.2, -0.15) is 0 Å². The van der Waals surface area contributed by atoms with Crippen molar-refractivity contribution in [1.82, 2.24) is 19.5 Å². The third-order valence-corrected chi connectivity index (χ3v) is 12.0. The maximum absolute atomic E-state index is 5.21. The second-order valence-electron chi connectivity index (χ2n) is 15.6. The van der Waals surface area contributed by atoms with Gasteiger partial charge in [-0.1, -0.05) is 182 Å². The highest BCUT2D eigenvalue weighted by molar-refractivity contribution is 6.29. The number of aromatic nitrogens is 4. The van der Waals surface area contributed by atoms with Gasteiger partial charge in [-0.3, -0.25) is 0 Å². The maximum Gasteiger partial charge on any atom is 0.164 e. The summed E-state index contributed by atoms with van der Waals surface area (Å²) in [5.41, 5.74) is 10.7. The average Bonchev–Trinajstić information content (AvgIpc) is 3.69. The molecule has 4 heteroatoms. The fraction of sp³-hybridized carbons (Fsp3) is 0. The van der Waals surface area contributed by atoms with Gasteiger partial charge in [0.1, 0.15) is 0 Å². The molecule has 0 aliphatic rings. The van der Waals surface area contributed by atoms with Gasteiger partial charge < -0.3 is 4.57 Å². The molecular formula is C57H36N4. The third kappa shape index (κ3) is 5.96. The lowest BCUT2D eigenvalue weighted by molar-refractivity contribution is 1.07. The van der Waals surface area contributed by atoms with Gasteiger partial charge in [-0.05, 0) is 91.0 Å². The van der Waals surface area contributed by atoms with Crippen LogP contribution in [-0.2, 0) is 0 Å². The normalized spacial score (nSPS) is 11.6. The molecule has 12 aromatic rings. The van der Waals surface area contributed by atoms with Crippen molar-refractivity contribution in [3.05, 3.63) is 218 Å². The summed E-state index contributed by atoms with van der Waals surface area (Å²) >= 11 is 0. The van der Waals surface area contributed by atoms with E-state index in [0.29, 0.717) is 17.5 Å². The van der Waals surface area contributed by atoms with Crippen molar-refractivity contribution in [2.45, 2.75) is 0 Å². The number of benzene rings is 10. The molecule has 0 saturated heterocycles. The Labute approximate surface area is 352 Å². The van der Waals surface area contributed by atoms with Crippen molar-refractivity contribution in [2.24, 2.45) is 0 Å². The van der Waals surface area contributed by atoms with Crippen molar-refractivity contribution < 1.29 is 0 Å². The zero-order valence-electron chi connectivity index (χ0n) is 33.1. The van der Waals surface area contributed by atoms with Crippen molar-refractivity contribution in [3.63, 3.8) is 0 Å². The van der Waals surface area contributed by atoms with Crippen molar-refractivity contribution in [1.29, 1.82) is 0 Å². The molecule has 0 spiro atoms. The summed E-state index contributed by atoms with van der Waals surface area (Å²) < 4.78 is 2.38. The van der Waals surface area contributed by atoms with E-state index in [9.17, 15) is 0 Å². The zero-order valence-corrected chi connectivity index (χ0v) is 33.1. The predicted molar refractivity (Wildman–Crippen MR) is 254 cm³/mol. The van der Waals surface area contributed by atoms with E-state index in [-0.39, 0.29) is 0 Å². The highest BCUT2D eigenvalue weighted by Gasteiger charge is 2.18. The first-order chi connectivity index (χ1) is 30.2. The summed E-state index contributed by atoms with van der Waals surface area (Å²) in [6.07, 6.45) is 0. The first-order valence-electron chi connectivity index (χ1n) is 20.7. The first-order valence-corrected chi connectivity index (χ1v) is 20.7. The molecule has 2 aromatic heterocycles. The average molecular weight is 777 g/mol. The highest BCUT2D eigenvalue weighted by Crippen LogP contribution is 2.41. The van der Waals surface area contributed by atoms with E-state index in [4.69, 9.17) is 15.0 Å². The van der Waals surface area contributed by atoms with Gasteiger partial charge in [0, 0.05) is 33.2 Å². The fourth-order valence-electron chi connectivity index (χ4n) is 9.14. The predicted octanol–water partition coefficient (Wildman–Crippen LogP) is 14.8. The largest absolute Gasteiger partial charge is 0.309 e. The Balaban J connectivity index is 1.01. The van der Waals surface area contributed by atoms with Crippen molar-refractivity contribution in [3.8, 4) is 62.1 Å². The number of para-hydroxylation sites is 1. The Hall–Kier alpha value is -8.21. The van der Waals surface area contributed by atoms with E-state index < -0.39 is 0 Å². The van der Waals surface area contributed by atoms with E-state index >= 15 is 0 Å². The maximum atomic E-state index is 5.21. The number of rotatable bonds is 6. The molecule has 0 unspecified atom stereocenters. The van der Waals surface area contributed by atoms with Crippen LogP contribution in [0.2, 0.25) is 0 Å². The van der Waals surface area contributed by atoms with E-state index in [2.05, 4.69) is 199 Å². The minimum atomic E-state index is 0.617. The van der Waals surface area contributed by atoms with Gasteiger partial charge >= 0.3 is 0 Å². The van der Waals surface area contributed by atoms with Crippen LogP contribution in [0.25, 0.3) is 116 Å². The van der Waals surface area contributed by atoms with Gasteiger partial charge in [-0.15, -0.1) is 0 Å². The minimum Gasteiger partial charge on any atom is -0.309 e. The molecule has 0 saturated carbocycles. The quantitative estimate of drug-likeness (QED) is 0.158. The Bertz CT molecular complexity index is 3650. The molecule has 284 valence electrons. The number of hydrogen-bond acceptors (Lipinski definition) is 3. The van der Waals surface area contributed by atoms with Crippen molar-refractivity contribution in [2.75, 3.05) is 0 Å². The van der Waals surface area contributed by atoms with Crippen LogP contribution in [0.1, 0.15) is 0 Å². The summed E-state index contributed by atoms with van der Waals surface area (Å²) in [6.45, 7) is 0. The van der Waals surface area contributed by atoms with Crippen LogP contribution in [0.4, 0.5) is 0 Å². The second kappa shape index (κ2) is 14.3. The minimum absolute atomic E-state index is 0.617. The van der Waals surface area contributed by atoms with Crippen LogP contribution in [0.5, 0.6) is 0 Å². The summed E-state index contributed by atoms with van der Waals surface area (Å²) in [6, 6.07) is 77.6. The SMILES string of the molecule is c1ccc(-c2cccc(-c3cccc(-c4nc(-c5ccccc5)nc(-c5cccc(-n6c7ccccc7c7c8ccc9ccc%10ccccc%10c9c8ccc76)c5)n4)c3)c2)cc1. The number of fused-ring (bicyclic) bond motifs is 9.